The number of aliphatic carboxylic acids is 2. The molecule has 1 aliphatic rings. The lowest BCUT2D eigenvalue weighted by molar-refractivity contribution is -0.148. The summed E-state index contributed by atoms with van der Waals surface area (Å²) in [5, 5.41) is 23.2. The number of nitrogens with one attached hydrogen (secondary N) is 2. The monoisotopic (exact) mass is 494 g/mol. The minimum absolute atomic E-state index is 0.0386. The number of para-hydroxylation sites is 1. The van der Waals surface area contributed by atoms with Crippen LogP contribution in [0.1, 0.15) is 55.7 Å². The molecule has 3 atom stereocenters. The predicted molar refractivity (Wildman–Crippen MR) is 133 cm³/mol. The SMILES string of the molecule is CC[C@H](C)[C@H](NC(=O)c1cc2c([nH]c3ccccc32)c(CCC(=O)N2CCC[C@H]2C(=O)O)n1)C(=O)O. The molecule has 0 aliphatic carbocycles. The van der Waals surface area contributed by atoms with Crippen LogP contribution in [0.2, 0.25) is 0 Å². The highest BCUT2D eigenvalue weighted by molar-refractivity contribution is 6.10. The van der Waals surface area contributed by atoms with Crippen molar-refractivity contribution in [1.82, 2.24) is 20.2 Å². The van der Waals surface area contributed by atoms with Crippen molar-refractivity contribution in [3.05, 3.63) is 41.7 Å². The number of aromatic nitrogens is 2. The Morgan fingerprint density at radius 1 is 1.19 bits per heavy atom. The van der Waals surface area contributed by atoms with Gasteiger partial charge in [-0.05, 0) is 30.9 Å². The lowest BCUT2D eigenvalue weighted by atomic mass is 9.99. The first-order chi connectivity index (χ1) is 17.2. The highest BCUT2D eigenvalue weighted by Crippen LogP contribution is 2.29. The second kappa shape index (κ2) is 10.3. The smallest absolute Gasteiger partial charge is 0.326 e. The van der Waals surface area contributed by atoms with E-state index in [0.717, 1.165) is 16.3 Å². The minimum Gasteiger partial charge on any atom is -0.480 e. The van der Waals surface area contributed by atoms with E-state index in [0.29, 0.717) is 37.0 Å². The molecule has 10 heteroatoms. The molecule has 3 heterocycles. The van der Waals surface area contributed by atoms with Gasteiger partial charge in [0.05, 0.1) is 11.2 Å². The summed E-state index contributed by atoms with van der Waals surface area (Å²) in [6.07, 6.45) is 1.89. The van der Waals surface area contributed by atoms with E-state index in [2.05, 4.69) is 15.3 Å². The fourth-order valence-corrected chi connectivity index (χ4v) is 4.80. The number of carbonyl (C=O) groups is 4. The zero-order valence-electron chi connectivity index (χ0n) is 20.3. The first-order valence-electron chi connectivity index (χ1n) is 12.2. The number of nitrogens with zero attached hydrogens (tertiary/aromatic N) is 2. The van der Waals surface area contributed by atoms with Crippen LogP contribution in [0.3, 0.4) is 0 Å². The average molecular weight is 495 g/mol. The highest BCUT2D eigenvalue weighted by atomic mass is 16.4. The molecule has 10 nitrogen and oxygen atoms in total. The van der Waals surface area contributed by atoms with Crippen molar-refractivity contribution in [3.63, 3.8) is 0 Å². The number of aromatic amines is 1. The van der Waals surface area contributed by atoms with Gasteiger partial charge in [-0.15, -0.1) is 0 Å². The van der Waals surface area contributed by atoms with Gasteiger partial charge in [-0.1, -0.05) is 38.5 Å². The summed E-state index contributed by atoms with van der Waals surface area (Å²) in [5.74, 6) is -3.28. The molecule has 2 aromatic heterocycles. The molecule has 0 saturated carbocycles. The number of pyridine rings is 1. The Hall–Kier alpha value is -3.95. The topological polar surface area (TPSA) is 153 Å². The summed E-state index contributed by atoms with van der Waals surface area (Å²) in [4.78, 5) is 58.4. The van der Waals surface area contributed by atoms with Gasteiger partial charge in [0.1, 0.15) is 17.8 Å². The van der Waals surface area contributed by atoms with Gasteiger partial charge in [-0.2, -0.15) is 0 Å². The molecule has 2 amide bonds. The van der Waals surface area contributed by atoms with Crippen molar-refractivity contribution in [2.45, 2.75) is 58.0 Å². The zero-order chi connectivity index (χ0) is 26.0. The summed E-state index contributed by atoms with van der Waals surface area (Å²) in [7, 11) is 0. The summed E-state index contributed by atoms with van der Waals surface area (Å²) in [6, 6.07) is 7.32. The third-order valence-corrected chi connectivity index (χ3v) is 7.00. The molecule has 4 rings (SSSR count). The minimum atomic E-state index is -1.12. The maximum Gasteiger partial charge on any atom is 0.326 e. The van der Waals surface area contributed by atoms with Crippen LogP contribution in [0.15, 0.2) is 30.3 Å². The number of fused-ring (bicyclic) bond motifs is 3. The van der Waals surface area contributed by atoms with E-state index in [1.807, 2.05) is 31.2 Å². The van der Waals surface area contributed by atoms with Gasteiger partial charge in [0, 0.05) is 35.7 Å². The third kappa shape index (κ3) is 4.89. The lowest BCUT2D eigenvalue weighted by Gasteiger charge is -2.21. The molecular weight excluding hydrogens is 464 g/mol. The second-order valence-electron chi connectivity index (χ2n) is 9.31. The van der Waals surface area contributed by atoms with Gasteiger partial charge < -0.3 is 25.4 Å². The van der Waals surface area contributed by atoms with Gasteiger partial charge in [0.15, 0.2) is 0 Å². The number of rotatable bonds is 9. The van der Waals surface area contributed by atoms with Crippen molar-refractivity contribution in [3.8, 4) is 0 Å². The molecule has 0 unspecified atom stereocenters. The average Bonchev–Trinajstić information content (AvgIpc) is 3.50. The van der Waals surface area contributed by atoms with E-state index >= 15 is 0 Å². The van der Waals surface area contributed by atoms with E-state index in [1.165, 1.54) is 4.90 Å². The fourth-order valence-electron chi connectivity index (χ4n) is 4.80. The number of hydrogen-bond acceptors (Lipinski definition) is 5. The number of carboxylic acid groups (broad SMARTS) is 2. The third-order valence-electron chi connectivity index (χ3n) is 7.00. The summed E-state index contributed by atoms with van der Waals surface area (Å²) in [5.41, 5.74) is 2.08. The van der Waals surface area contributed by atoms with Gasteiger partial charge in [-0.3, -0.25) is 9.59 Å². The molecule has 0 bridgehead atoms. The molecule has 3 aromatic rings. The van der Waals surface area contributed by atoms with Crippen LogP contribution >= 0.6 is 0 Å². The normalized spacial score (nSPS) is 17.3. The molecule has 0 spiro atoms. The van der Waals surface area contributed by atoms with Crippen LogP contribution in [-0.4, -0.2) is 67.5 Å². The van der Waals surface area contributed by atoms with Crippen molar-refractivity contribution >= 4 is 45.6 Å². The van der Waals surface area contributed by atoms with Crippen molar-refractivity contribution in [2.75, 3.05) is 6.54 Å². The van der Waals surface area contributed by atoms with Crippen molar-refractivity contribution in [2.24, 2.45) is 5.92 Å². The Kier molecular flexibility index (Phi) is 7.23. The highest BCUT2D eigenvalue weighted by Gasteiger charge is 2.34. The van der Waals surface area contributed by atoms with E-state index in [4.69, 9.17) is 0 Å². The number of H-pyrrole nitrogens is 1. The molecule has 1 aromatic carbocycles. The maximum atomic E-state index is 13.1. The number of likely N-dealkylation sites (tertiary alicyclic amines) is 1. The number of amides is 2. The Morgan fingerprint density at radius 3 is 2.64 bits per heavy atom. The van der Waals surface area contributed by atoms with Crippen LogP contribution in [0.25, 0.3) is 21.8 Å². The second-order valence-corrected chi connectivity index (χ2v) is 9.31. The number of aryl methyl sites for hydroxylation is 1. The van der Waals surface area contributed by atoms with Gasteiger partial charge in [-0.25, -0.2) is 14.6 Å². The standard InChI is InChI=1S/C26H30N4O6/c1-3-14(2)22(26(35)36)29-24(32)19-13-16-15-7-4-5-8-17(15)28-23(16)18(27-19)10-11-21(31)30-12-6-9-20(30)25(33)34/h4-5,7-8,13-14,20,22,28H,3,6,9-12H2,1-2H3,(H,29,32)(H,33,34)(H,35,36)/t14-,20-,22-/m0/s1. The Balaban J connectivity index is 1.67. The van der Waals surface area contributed by atoms with Gasteiger partial charge >= 0.3 is 11.9 Å². The molecule has 4 N–H and O–H groups in total. The molecule has 1 fully saturated rings. The summed E-state index contributed by atoms with van der Waals surface area (Å²) in [6.45, 7) is 4.02. The first kappa shape index (κ1) is 25.2. The largest absolute Gasteiger partial charge is 0.480 e. The fraction of sp³-hybridized carbons (Fsp3) is 0.423. The van der Waals surface area contributed by atoms with Crippen LogP contribution in [-0.2, 0) is 20.8 Å². The van der Waals surface area contributed by atoms with Crippen LogP contribution in [0.5, 0.6) is 0 Å². The molecule has 36 heavy (non-hydrogen) atoms. The predicted octanol–water partition coefficient (Wildman–Crippen LogP) is 2.95. The quantitative estimate of drug-likeness (QED) is 0.357. The first-order valence-corrected chi connectivity index (χ1v) is 12.2. The maximum absolute atomic E-state index is 13.1. The van der Waals surface area contributed by atoms with Crippen LogP contribution in [0, 0.1) is 5.92 Å². The summed E-state index contributed by atoms with van der Waals surface area (Å²) >= 11 is 0. The van der Waals surface area contributed by atoms with E-state index in [9.17, 15) is 29.4 Å². The Labute approximate surface area is 207 Å². The Morgan fingerprint density at radius 2 is 1.94 bits per heavy atom. The molecule has 190 valence electrons. The van der Waals surface area contributed by atoms with Crippen LogP contribution in [0.4, 0.5) is 0 Å². The van der Waals surface area contributed by atoms with E-state index < -0.39 is 29.9 Å². The van der Waals surface area contributed by atoms with Crippen LogP contribution < -0.4 is 5.32 Å². The zero-order valence-corrected chi connectivity index (χ0v) is 20.3. The molecule has 1 saturated heterocycles. The lowest BCUT2D eigenvalue weighted by Crippen LogP contribution is -2.45. The van der Waals surface area contributed by atoms with Gasteiger partial charge in [0.2, 0.25) is 5.91 Å². The van der Waals surface area contributed by atoms with Crippen molar-refractivity contribution < 1.29 is 29.4 Å². The van der Waals surface area contributed by atoms with E-state index in [1.54, 1.807) is 13.0 Å². The summed E-state index contributed by atoms with van der Waals surface area (Å²) < 4.78 is 0. The number of carbonyl (C=O) groups excluding carboxylic acids is 2. The number of benzene rings is 1. The van der Waals surface area contributed by atoms with Gasteiger partial charge in [0.25, 0.3) is 5.91 Å². The number of hydrogen-bond donors (Lipinski definition) is 4. The van der Waals surface area contributed by atoms with E-state index in [-0.39, 0.29) is 30.4 Å². The van der Waals surface area contributed by atoms with Crippen molar-refractivity contribution in [1.29, 1.82) is 0 Å². The Bertz CT molecular complexity index is 1330. The number of carboxylic acids is 2. The molecule has 0 radical (unpaired) electrons. The molecule has 1 aliphatic heterocycles. The molecular formula is C26H30N4O6.